The van der Waals surface area contributed by atoms with E-state index in [1.54, 1.807) is 6.07 Å². The van der Waals surface area contributed by atoms with Gasteiger partial charge >= 0.3 is 5.97 Å². The Balaban J connectivity index is 2.56. The Kier molecular flexibility index (Phi) is 4.40. The van der Waals surface area contributed by atoms with Crippen LogP contribution in [0.25, 0.3) is 0 Å². The fourth-order valence-corrected chi connectivity index (χ4v) is 1.12. The molecule has 0 aliphatic carbocycles. The SMILES string of the molecule is CCCCOC(=O)c1ccncc1Cl. The third-order valence-corrected chi connectivity index (χ3v) is 2.02. The van der Waals surface area contributed by atoms with Crippen molar-refractivity contribution in [3.63, 3.8) is 0 Å². The smallest absolute Gasteiger partial charge is 0.339 e. The van der Waals surface area contributed by atoms with E-state index in [2.05, 4.69) is 4.98 Å². The minimum Gasteiger partial charge on any atom is -0.462 e. The zero-order chi connectivity index (χ0) is 10.4. The second-order valence-corrected chi connectivity index (χ2v) is 3.25. The fourth-order valence-electron chi connectivity index (χ4n) is 0.928. The van der Waals surface area contributed by atoms with Gasteiger partial charge in [-0.15, -0.1) is 0 Å². The van der Waals surface area contributed by atoms with E-state index in [4.69, 9.17) is 16.3 Å². The standard InChI is InChI=1S/C10H12ClNO2/c1-2-3-6-14-10(13)8-4-5-12-7-9(8)11/h4-5,7H,2-3,6H2,1H3. The molecule has 0 bridgehead atoms. The number of esters is 1. The zero-order valence-electron chi connectivity index (χ0n) is 8.00. The molecule has 0 unspecified atom stereocenters. The maximum absolute atomic E-state index is 11.4. The quantitative estimate of drug-likeness (QED) is 0.570. The Morgan fingerprint density at radius 2 is 2.43 bits per heavy atom. The highest BCUT2D eigenvalue weighted by Gasteiger charge is 2.10. The minimum absolute atomic E-state index is 0.328. The van der Waals surface area contributed by atoms with E-state index in [1.165, 1.54) is 12.4 Å². The van der Waals surface area contributed by atoms with E-state index in [-0.39, 0.29) is 5.97 Å². The van der Waals surface area contributed by atoms with Crippen LogP contribution in [-0.2, 0) is 4.74 Å². The molecular weight excluding hydrogens is 202 g/mol. The lowest BCUT2D eigenvalue weighted by Crippen LogP contribution is -2.07. The zero-order valence-corrected chi connectivity index (χ0v) is 8.75. The van der Waals surface area contributed by atoms with E-state index < -0.39 is 0 Å². The molecule has 1 aromatic heterocycles. The summed E-state index contributed by atoms with van der Waals surface area (Å²) in [5, 5.41) is 0.328. The van der Waals surface area contributed by atoms with Crippen molar-refractivity contribution in [3.05, 3.63) is 29.0 Å². The summed E-state index contributed by atoms with van der Waals surface area (Å²) in [6, 6.07) is 1.55. The van der Waals surface area contributed by atoms with Gasteiger partial charge in [0.05, 0.1) is 17.2 Å². The van der Waals surface area contributed by atoms with Crippen molar-refractivity contribution in [1.29, 1.82) is 0 Å². The topological polar surface area (TPSA) is 39.2 Å². The summed E-state index contributed by atoms with van der Waals surface area (Å²) in [7, 11) is 0. The molecule has 76 valence electrons. The molecule has 0 radical (unpaired) electrons. The first kappa shape index (κ1) is 11.0. The van der Waals surface area contributed by atoms with Crippen molar-refractivity contribution in [2.24, 2.45) is 0 Å². The first-order valence-corrected chi connectivity index (χ1v) is 4.90. The molecule has 14 heavy (non-hydrogen) atoms. The van der Waals surface area contributed by atoms with Gasteiger partial charge in [-0.2, -0.15) is 0 Å². The van der Waals surface area contributed by atoms with Crippen LogP contribution in [-0.4, -0.2) is 17.6 Å². The average Bonchev–Trinajstić information content (AvgIpc) is 2.18. The van der Waals surface area contributed by atoms with Crippen molar-refractivity contribution < 1.29 is 9.53 Å². The van der Waals surface area contributed by atoms with E-state index in [9.17, 15) is 4.79 Å². The number of ether oxygens (including phenoxy) is 1. The lowest BCUT2D eigenvalue weighted by Gasteiger charge is -2.04. The maximum Gasteiger partial charge on any atom is 0.339 e. The summed E-state index contributed by atoms with van der Waals surface area (Å²) < 4.78 is 5.00. The molecule has 0 spiro atoms. The molecule has 0 amide bonds. The summed E-state index contributed by atoms with van der Waals surface area (Å²) in [6.45, 7) is 2.47. The molecule has 1 heterocycles. The normalized spacial score (nSPS) is 9.86. The molecule has 1 rings (SSSR count). The van der Waals surface area contributed by atoms with Crippen LogP contribution < -0.4 is 0 Å². The monoisotopic (exact) mass is 213 g/mol. The van der Waals surface area contributed by atoms with Crippen LogP contribution in [0.3, 0.4) is 0 Å². The van der Waals surface area contributed by atoms with E-state index in [1.807, 2.05) is 6.92 Å². The fraction of sp³-hybridized carbons (Fsp3) is 0.400. The molecule has 3 nitrogen and oxygen atoms in total. The van der Waals surface area contributed by atoms with Gasteiger partial charge in [0.15, 0.2) is 0 Å². The summed E-state index contributed by atoms with van der Waals surface area (Å²) >= 11 is 5.77. The number of hydrogen-bond acceptors (Lipinski definition) is 3. The molecule has 0 fully saturated rings. The van der Waals surface area contributed by atoms with Crippen molar-refractivity contribution in [3.8, 4) is 0 Å². The molecule has 1 aromatic rings. The second kappa shape index (κ2) is 5.60. The van der Waals surface area contributed by atoms with E-state index in [0.717, 1.165) is 12.8 Å². The highest BCUT2D eigenvalue weighted by Crippen LogP contribution is 2.14. The third-order valence-electron chi connectivity index (χ3n) is 1.72. The lowest BCUT2D eigenvalue weighted by molar-refractivity contribution is 0.0500. The van der Waals surface area contributed by atoms with Crippen LogP contribution in [0.1, 0.15) is 30.1 Å². The molecule has 0 saturated heterocycles. The first-order valence-electron chi connectivity index (χ1n) is 4.52. The van der Waals surface area contributed by atoms with Crippen LogP contribution in [0.5, 0.6) is 0 Å². The summed E-state index contributed by atoms with van der Waals surface area (Å²) in [4.78, 5) is 15.2. The van der Waals surface area contributed by atoms with Gasteiger partial charge in [-0.05, 0) is 12.5 Å². The number of carbonyl (C=O) groups is 1. The lowest BCUT2D eigenvalue weighted by atomic mass is 10.3. The number of aromatic nitrogens is 1. The molecule has 4 heteroatoms. The second-order valence-electron chi connectivity index (χ2n) is 2.84. The van der Waals surface area contributed by atoms with Crippen molar-refractivity contribution in [1.82, 2.24) is 4.98 Å². The van der Waals surface area contributed by atoms with Gasteiger partial charge < -0.3 is 4.74 Å². The summed E-state index contributed by atoms with van der Waals surface area (Å²) in [5.41, 5.74) is 0.373. The molecule has 0 aromatic carbocycles. The minimum atomic E-state index is -0.383. The van der Waals surface area contributed by atoms with Crippen LogP contribution >= 0.6 is 11.6 Å². The number of halogens is 1. The van der Waals surface area contributed by atoms with Gasteiger partial charge in [0.25, 0.3) is 0 Å². The Labute approximate surface area is 88.1 Å². The van der Waals surface area contributed by atoms with Gasteiger partial charge in [0, 0.05) is 12.4 Å². The Morgan fingerprint density at radius 1 is 1.64 bits per heavy atom. The number of pyridine rings is 1. The number of unbranched alkanes of at least 4 members (excludes halogenated alkanes) is 1. The van der Waals surface area contributed by atoms with Gasteiger partial charge in [-0.3, -0.25) is 4.98 Å². The molecular formula is C10H12ClNO2. The average molecular weight is 214 g/mol. The highest BCUT2D eigenvalue weighted by atomic mass is 35.5. The Bertz CT molecular complexity index is 315. The van der Waals surface area contributed by atoms with Gasteiger partial charge in [0.2, 0.25) is 0 Å². The van der Waals surface area contributed by atoms with E-state index >= 15 is 0 Å². The largest absolute Gasteiger partial charge is 0.462 e. The first-order chi connectivity index (χ1) is 6.75. The van der Waals surface area contributed by atoms with Gasteiger partial charge in [-0.25, -0.2) is 4.79 Å². The number of nitrogens with zero attached hydrogens (tertiary/aromatic N) is 1. The van der Waals surface area contributed by atoms with Crippen LogP contribution in [0.2, 0.25) is 5.02 Å². The van der Waals surface area contributed by atoms with Crippen molar-refractivity contribution in [2.75, 3.05) is 6.61 Å². The molecule has 0 aliphatic rings. The molecule has 0 atom stereocenters. The predicted octanol–water partition coefficient (Wildman–Crippen LogP) is 2.69. The number of rotatable bonds is 4. The van der Waals surface area contributed by atoms with Gasteiger partial charge in [-0.1, -0.05) is 24.9 Å². The number of carbonyl (C=O) groups excluding carboxylic acids is 1. The van der Waals surface area contributed by atoms with Crippen LogP contribution in [0, 0.1) is 0 Å². The Morgan fingerprint density at radius 3 is 3.07 bits per heavy atom. The summed E-state index contributed by atoms with van der Waals surface area (Å²) in [6.07, 6.45) is 4.81. The Hall–Kier alpha value is -1.09. The molecule has 0 aliphatic heterocycles. The third kappa shape index (κ3) is 3.00. The molecule has 0 saturated carbocycles. The highest BCUT2D eigenvalue weighted by molar-refractivity contribution is 6.33. The summed E-state index contributed by atoms with van der Waals surface area (Å²) in [5.74, 6) is -0.383. The maximum atomic E-state index is 11.4. The van der Waals surface area contributed by atoms with Crippen molar-refractivity contribution in [2.45, 2.75) is 19.8 Å². The van der Waals surface area contributed by atoms with Crippen LogP contribution in [0.15, 0.2) is 18.5 Å². The van der Waals surface area contributed by atoms with Gasteiger partial charge in [0.1, 0.15) is 0 Å². The van der Waals surface area contributed by atoms with Crippen molar-refractivity contribution >= 4 is 17.6 Å². The predicted molar refractivity (Wildman–Crippen MR) is 54.4 cm³/mol. The molecule has 0 N–H and O–H groups in total. The van der Waals surface area contributed by atoms with E-state index in [0.29, 0.717) is 17.2 Å². The van der Waals surface area contributed by atoms with Crippen LogP contribution in [0.4, 0.5) is 0 Å². The number of hydrogen-bond donors (Lipinski definition) is 0.